The summed E-state index contributed by atoms with van der Waals surface area (Å²) in [5, 5.41) is 16.0. The minimum atomic E-state index is -0.717. The highest BCUT2D eigenvalue weighted by molar-refractivity contribution is 5.74. The van der Waals surface area contributed by atoms with Gasteiger partial charge < -0.3 is 20.2 Å². The Balaban J connectivity index is 1.52. The molecular formula is C19H24N2O3. The second-order valence-electron chi connectivity index (χ2n) is 6.43. The minimum Gasteiger partial charge on any atom is -0.467 e. The number of benzene rings is 1. The van der Waals surface area contributed by atoms with E-state index >= 15 is 0 Å². The lowest BCUT2D eigenvalue weighted by atomic mass is 9.88. The van der Waals surface area contributed by atoms with Gasteiger partial charge in [-0.1, -0.05) is 24.3 Å². The first kappa shape index (κ1) is 16.6. The molecule has 0 fully saturated rings. The first-order valence-corrected chi connectivity index (χ1v) is 8.50. The SMILES string of the molecule is CC(CC(O)c1ccco1)NC(=O)NC1CCCc2ccccc21. The van der Waals surface area contributed by atoms with E-state index in [1.165, 1.54) is 17.4 Å². The van der Waals surface area contributed by atoms with E-state index in [-0.39, 0.29) is 18.1 Å². The summed E-state index contributed by atoms with van der Waals surface area (Å²) in [5.74, 6) is 0.519. The third-order valence-electron chi connectivity index (χ3n) is 4.50. The Morgan fingerprint density at radius 3 is 2.96 bits per heavy atom. The maximum Gasteiger partial charge on any atom is 0.315 e. The average molecular weight is 328 g/mol. The molecule has 2 amide bonds. The smallest absolute Gasteiger partial charge is 0.315 e. The van der Waals surface area contributed by atoms with Gasteiger partial charge in [-0.2, -0.15) is 0 Å². The number of nitrogens with one attached hydrogen (secondary N) is 2. The number of hydrogen-bond acceptors (Lipinski definition) is 3. The number of furan rings is 1. The molecule has 1 aromatic carbocycles. The van der Waals surface area contributed by atoms with Crippen LogP contribution in [0.15, 0.2) is 47.1 Å². The molecular weight excluding hydrogens is 304 g/mol. The number of hydrogen-bond donors (Lipinski definition) is 3. The van der Waals surface area contributed by atoms with Crippen LogP contribution in [-0.4, -0.2) is 17.2 Å². The zero-order valence-corrected chi connectivity index (χ0v) is 13.9. The molecule has 3 N–H and O–H groups in total. The third kappa shape index (κ3) is 3.97. The molecule has 5 nitrogen and oxygen atoms in total. The highest BCUT2D eigenvalue weighted by atomic mass is 16.4. The minimum absolute atomic E-state index is 0.0529. The summed E-state index contributed by atoms with van der Waals surface area (Å²) in [4.78, 5) is 12.3. The Kier molecular flexibility index (Phi) is 5.20. The molecule has 1 aliphatic carbocycles. The summed E-state index contributed by atoms with van der Waals surface area (Å²) in [6, 6.07) is 11.4. The Hall–Kier alpha value is -2.27. The normalized spacial score (nSPS) is 19.2. The molecule has 0 radical (unpaired) electrons. The number of aliphatic hydroxyl groups is 1. The number of carbonyl (C=O) groups excluding carboxylic acids is 1. The van der Waals surface area contributed by atoms with Crippen LogP contribution in [0.3, 0.4) is 0 Å². The molecule has 3 rings (SSSR count). The van der Waals surface area contributed by atoms with Crippen LogP contribution in [0.1, 0.15) is 55.2 Å². The second kappa shape index (κ2) is 7.53. The van der Waals surface area contributed by atoms with E-state index < -0.39 is 6.10 Å². The highest BCUT2D eigenvalue weighted by Crippen LogP contribution is 2.29. The standard InChI is InChI=1S/C19H24N2O3/c1-13(12-17(22)18-10-5-11-24-18)20-19(23)21-16-9-4-7-14-6-2-3-8-15(14)16/h2-3,5-6,8,10-11,13,16-17,22H,4,7,9,12H2,1H3,(H2,20,21,23). The van der Waals surface area contributed by atoms with Crippen molar-refractivity contribution in [2.45, 2.75) is 50.8 Å². The van der Waals surface area contributed by atoms with Crippen LogP contribution in [0.2, 0.25) is 0 Å². The lowest BCUT2D eigenvalue weighted by Gasteiger charge is -2.27. The van der Waals surface area contributed by atoms with E-state index in [2.05, 4.69) is 22.8 Å². The van der Waals surface area contributed by atoms with E-state index in [9.17, 15) is 9.90 Å². The molecule has 0 spiro atoms. The van der Waals surface area contributed by atoms with Crippen LogP contribution >= 0.6 is 0 Å². The highest BCUT2D eigenvalue weighted by Gasteiger charge is 2.22. The van der Waals surface area contributed by atoms with Crippen LogP contribution in [-0.2, 0) is 6.42 Å². The quantitative estimate of drug-likeness (QED) is 0.787. The summed E-state index contributed by atoms with van der Waals surface area (Å²) in [6.45, 7) is 1.88. The average Bonchev–Trinajstić information content (AvgIpc) is 3.09. The number of rotatable bonds is 5. The molecule has 1 aromatic heterocycles. The summed E-state index contributed by atoms with van der Waals surface area (Å²) in [6.07, 6.45) is 4.32. The summed E-state index contributed by atoms with van der Waals surface area (Å²) < 4.78 is 5.18. The van der Waals surface area contributed by atoms with Gasteiger partial charge in [0, 0.05) is 12.5 Å². The van der Waals surface area contributed by atoms with Crippen LogP contribution < -0.4 is 10.6 Å². The van der Waals surface area contributed by atoms with Gasteiger partial charge in [0.15, 0.2) is 0 Å². The lowest BCUT2D eigenvalue weighted by Crippen LogP contribution is -2.43. The van der Waals surface area contributed by atoms with E-state index in [1.54, 1.807) is 12.1 Å². The van der Waals surface area contributed by atoms with Gasteiger partial charge in [-0.3, -0.25) is 0 Å². The van der Waals surface area contributed by atoms with E-state index in [4.69, 9.17) is 4.42 Å². The fourth-order valence-electron chi connectivity index (χ4n) is 3.32. The van der Waals surface area contributed by atoms with Crippen LogP contribution in [0.5, 0.6) is 0 Å². The Bertz CT molecular complexity index is 669. The maximum atomic E-state index is 12.3. The first-order chi connectivity index (χ1) is 11.6. The predicted octanol–water partition coefficient (Wildman–Crippen LogP) is 3.47. The van der Waals surface area contributed by atoms with E-state index in [1.807, 2.05) is 19.1 Å². The topological polar surface area (TPSA) is 74.5 Å². The van der Waals surface area contributed by atoms with Crippen molar-refractivity contribution in [2.24, 2.45) is 0 Å². The largest absolute Gasteiger partial charge is 0.467 e. The maximum absolute atomic E-state index is 12.3. The molecule has 0 saturated heterocycles. The van der Waals surface area contributed by atoms with Gasteiger partial charge in [-0.05, 0) is 49.4 Å². The number of urea groups is 1. The molecule has 1 aliphatic rings. The van der Waals surface area contributed by atoms with Crippen molar-refractivity contribution in [3.8, 4) is 0 Å². The van der Waals surface area contributed by atoms with Gasteiger partial charge in [0.1, 0.15) is 11.9 Å². The molecule has 3 atom stereocenters. The molecule has 3 unspecified atom stereocenters. The van der Waals surface area contributed by atoms with E-state index in [0.29, 0.717) is 12.2 Å². The second-order valence-corrected chi connectivity index (χ2v) is 6.43. The molecule has 0 saturated carbocycles. The number of amides is 2. The Morgan fingerprint density at radius 1 is 1.33 bits per heavy atom. The van der Waals surface area contributed by atoms with Crippen molar-refractivity contribution >= 4 is 6.03 Å². The molecule has 2 aromatic rings. The van der Waals surface area contributed by atoms with Crippen molar-refractivity contribution in [3.05, 3.63) is 59.5 Å². The molecule has 5 heteroatoms. The zero-order chi connectivity index (χ0) is 16.9. The van der Waals surface area contributed by atoms with Gasteiger partial charge in [0.25, 0.3) is 0 Å². The lowest BCUT2D eigenvalue weighted by molar-refractivity contribution is 0.129. The third-order valence-corrected chi connectivity index (χ3v) is 4.50. The first-order valence-electron chi connectivity index (χ1n) is 8.50. The number of aliphatic hydroxyl groups excluding tert-OH is 1. The van der Waals surface area contributed by atoms with Gasteiger partial charge >= 0.3 is 6.03 Å². The van der Waals surface area contributed by atoms with Crippen molar-refractivity contribution in [1.29, 1.82) is 0 Å². The van der Waals surface area contributed by atoms with Crippen molar-refractivity contribution in [2.75, 3.05) is 0 Å². The number of fused-ring (bicyclic) bond motifs is 1. The fourth-order valence-corrected chi connectivity index (χ4v) is 3.32. The molecule has 128 valence electrons. The molecule has 0 aliphatic heterocycles. The van der Waals surface area contributed by atoms with Crippen LogP contribution in [0.25, 0.3) is 0 Å². The zero-order valence-electron chi connectivity index (χ0n) is 13.9. The summed E-state index contributed by atoms with van der Waals surface area (Å²) in [7, 11) is 0. The Labute approximate surface area is 142 Å². The van der Waals surface area contributed by atoms with Gasteiger partial charge in [0.2, 0.25) is 0 Å². The number of carbonyl (C=O) groups is 1. The fraction of sp³-hybridized carbons (Fsp3) is 0.421. The van der Waals surface area contributed by atoms with Crippen LogP contribution in [0, 0.1) is 0 Å². The van der Waals surface area contributed by atoms with Crippen molar-refractivity contribution in [1.82, 2.24) is 10.6 Å². The molecule has 1 heterocycles. The van der Waals surface area contributed by atoms with Gasteiger partial charge in [-0.25, -0.2) is 4.79 Å². The Morgan fingerprint density at radius 2 is 2.17 bits per heavy atom. The monoisotopic (exact) mass is 328 g/mol. The van der Waals surface area contributed by atoms with E-state index in [0.717, 1.165) is 19.3 Å². The molecule has 0 bridgehead atoms. The van der Waals surface area contributed by atoms with Gasteiger partial charge in [0.05, 0.1) is 12.3 Å². The summed E-state index contributed by atoms with van der Waals surface area (Å²) >= 11 is 0. The molecule has 24 heavy (non-hydrogen) atoms. The number of aryl methyl sites for hydroxylation is 1. The van der Waals surface area contributed by atoms with Crippen LogP contribution in [0.4, 0.5) is 4.79 Å². The van der Waals surface area contributed by atoms with Crippen molar-refractivity contribution in [3.63, 3.8) is 0 Å². The summed E-state index contributed by atoms with van der Waals surface area (Å²) in [5.41, 5.74) is 2.53. The van der Waals surface area contributed by atoms with Gasteiger partial charge in [-0.15, -0.1) is 0 Å². The van der Waals surface area contributed by atoms with Crippen molar-refractivity contribution < 1.29 is 14.3 Å². The predicted molar refractivity (Wildman–Crippen MR) is 91.5 cm³/mol.